The van der Waals surface area contributed by atoms with E-state index in [4.69, 9.17) is 0 Å². The number of halogens is 6. The van der Waals surface area contributed by atoms with Crippen molar-refractivity contribution in [1.29, 1.82) is 0 Å². The summed E-state index contributed by atoms with van der Waals surface area (Å²) < 4.78 is 81.2. The fraction of sp³-hybridized carbons (Fsp3) is 0.481. The van der Waals surface area contributed by atoms with Crippen molar-refractivity contribution in [2.45, 2.75) is 71.4 Å². The van der Waals surface area contributed by atoms with E-state index in [2.05, 4.69) is 16.8 Å². The van der Waals surface area contributed by atoms with Crippen molar-refractivity contribution in [2.75, 3.05) is 13.1 Å². The standard InChI is InChI=1S/C25H28F6N2.C2H6/c1-16-14-19(24(26,27)28)15-20(25(29,30)31)21(16)17(2)32-22(18-10-6-5-7-11-18)23(3,4)33-12-8-9-13-33;1-2/h5-7,10-11,14-15,22,32H,2,8-9,12-13H2,1,3-4H3;1-2H3. The molecule has 8 heteroatoms. The highest BCUT2D eigenvalue weighted by molar-refractivity contribution is 5.69. The number of nitrogens with zero attached hydrogens (tertiary/aromatic N) is 1. The highest BCUT2D eigenvalue weighted by Gasteiger charge is 2.41. The van der Waals surface area contributed by atoms with Crippen LogP contribution in [0, 0.1) is 6.92 Å². The lowest BCUT2D eigenvalue weighted by molar-refractivity contribution is -0.143. The minimum Gasteiger partial charge on any atom is -0.376 e. The first kappa shape index (κ1) is 28.8. The summed E-state index contributed by atoms with van der Waals surface area (Å²) in [5, 5.41) is 3.16. The molecule has 1 fully saturated rings. The lowest BCUT2D eigenvalue weighted by atomic mass is 9.86. The Kier molecular flexibility index (Phi) is 9.09. The topological polar surface area (TPSA) is 15.3 Å². The molecule has 2 aromatic rings. The molecule has 0 radical (unpaired) electrons. The van der Waals surface area contributed by atoms with Gasteiger partial charge in [-0.1, -0.05) is 50.8 Å². The molecule has 35 heavy (non-hydrogen) atoms. The van der Waals surface area contributed by atoms with E-state index in [-0.39, 0.29) is 22.9 Å². The maximum atomic E-state index is 13.9. The van der Waals surface area contributed by atoms with E-state index < -0.39 is 35.1 Å². The zero-order valence-corrected chi connectivity index (χ0v) is 20.9. The molecule has 3 rings (SSSR count). The zero-order valence-electron chi connectivity index (χ0n) is 20.9. The molecule has 194 valence electrons. The number of hydrogen-bond acceptors (Lipinski definition) is 2. The molecule has 2 aromatic carbocycles. The first-order chi connectivity index (χ1) is 16.2. The number of nitrogens with one attached hydrogen (secondary N) is 1. The second-order valence-corrected chi connectivity index (χ2v) is 9.03. The number of likely N-dealkylation sites (tertiary alicyclic amines) is 1. The van der Waals surface area contributed by atoms with Gasteiger partial charge in [0, 0.05) is 16.8 Å². The van der Waals surface area contributed by atoms with Crippen LogP contribution in [0.1, 0.15) is 74.4 Å². The predicted octanol–water partition coefficient (Wildman–Crippen LogP) is 8.23. The van der Waals surface area contributed by atoms with Crippen LogP contribution in [0.4, 0.5) is 26.3 Å². The Morgan fingerprint density at radius 3 is 1.94 bits per heavy atom. The van der Waals surface area contributed by atoms with Gasteiger partial charge in [0.05, 0.1) is 17.2 Å². The third-order valence-electron chi connectivity index (χ3n) is 6.35. The third kappa shape index (κ3) is 6.60. The molecule has 1 aliphatic rings. The van der Waals surface area contributed by atoms with Crippen molar-refractivity contribution in [3.8, 4) is 0 Å². The van der Waals surface area contributed by atoms with Crippen LogP contribution in [0.25, 0.3) is 5.70 Å². The minimum atomic E-state index is -4.97. The molecular formula is C27H34F6N2. The monoisotopic (exact) mass is 500 g/mol. The van der Waals surface area contributed by atoms with Crippen LogP contribution in [0.5, 0.6) is 0 Å². The van der Waals surface area contributed by atoms with Crippen LogP contribution in [-0.2, 0) is 12.4 Å². The molecule has 2 nitrogen and oxygen atoms in total. The van der Waals surface area contributed by atoms with E-state index >= 15 is 0 Å². The summed E-state index contributed by atoms with van der Waals surface area (Å²) in [6.45, 7) is 14.8. The van der Waals surface area contributed by atoms with Gasteiger partial charge in [0.15, 0.2) is 0 Å². The van der Waals surface area contributed by atoms with Gasteiger partial charge < -0.3 is 5.32 Å². The highest BCUT2D eigenvalue weighted by Crippen LogP contribution is 2.42. The van der Waals surface area contributed by atoms with Gasteiger partial charge in [-0.3, -0.25) is 4.90 Å². The fourth-order valence-corrected chi connectivity index (χ4v) is 4.61. The van der Waals surface area contributed by atoms with Crippen LogP contribution in [-0.4, -0.2) is 23.5 Å². The van der Waals surface area contributed by atoms with E-state index in [1.807, 2.05) is 58.0 Å². The van der Waals surface area contributed by atoms with E-state index in [1.165, 1.54) is 6.92 Å². The summed E-state index contributed by atoms with van der Waals surface area (Å²) in [6.07, 6.45) is -7.80. The number of benzene rings is 2. The van der Waals surface area contributed by atoms with Gasteiger partial charge in [0.25, 0.3) is 0 Å². The molecule has 1 saturated heterocycles. The van der Waals surface area contributed by atoms with Crippen molar-refractivity contribution in [3.05, 3.63) is 76.9 Å². The molecule has 0 aromatic heterocycles. The Morgan fingerprint density at radius 1 is 0.914 bits per heavy atom. The number of hydrogen-bond donors (Lipinski definition) is 1. The summed E-state index contributed by atoms with van der Waals surface area (Å²) in [6, 6.07) is 9.76. The van der Waals surface area contributed by atoms with Crippen molar-refractivity contribution >= 4 is 5.70 Å². The Labute approximate surface area is 204 Å². The van der Waals surface area contributed by atoms with Gasteiger partial charge >= 0.3 is 12.4 Å². The molecule has 0 aliphatic carbocycles. The van der Waals surface area contributed by atoms with Crippen molar-refractivity contribution < 1.29 is 26.3 Å². The maximum Gasteiger partial charge on any atom is 0.417 e. The molecule has 0 spiro atoms. The first-order valence-electron chi connectivity index (χ1n) is 11.8. The van der Waals surface area contributed by atoms with Gasteiger partial charge in [0.2, 0.25) is 0 Å². The largest absolute Gasteiger partial charge is 0.417 e. The van der Waals surface area contributed by atoms with Crippen LogP contribution in [0.2, 0.25) is 0 Å². The molecule has 1 aliphatic heterocycles. The van der Waals surface area contributed by atoms with Crippen LogP contribution in [0.15, 0.2) is 49.0 Å². The molecule has 1 atom stereocenters. The number of aryl methyl sites for hydroxylation is 1. The molecule has 0 amide bonds. The minimum absolute atomic E-state index is 0.0605. The van der Waals surface area contributed by atoms with E-state index in [1.54, 1.807) is 0 Å². The lowest BCUT2D eigenvalue weighted by Crippen LogP contribution is -2.51. The van der Waals surface area contributed by atoms with Gasteiger partial charge in [-0.2, -0.15) is 26.3 Å². The fourth-order valence-electron chi connectivity index (χ4n) is 4.61. The molecule has 1 N–H and O–H groups in total. The van der Waals surface area contributed by atoms with Crippen LogP contribution >= 0.6 is 0 Å². The number of rotatable bonds is 6. The summed E-state index contributed by atoms with van der Waals surface area (Å²) in [5.41, 5.74) is -2.87. The van der Waals surface area contributed by atoms with Gasteiger partial charge in [-0.15, -0.1) is 0 Å². The summed E-state index contributed by atoms with van der Waals surface area (Å²) >= 11 is 0. The van der Waals surface area contributed by atoms with Crippen molar-refractivity contribution in [1.82, 2.24) is 10.2 Å². The summed E-state index contributed by atoms with van der Waals surface area (Å²) in [5.74, 6) is 0. The smallest absolute Gasteiger partial charge is 0.376 e. The summed E-state index contributed by atoms with van der Waals surface area (Å²) in [4.78, 5) is 2.27. The zero-order chi connectivity index (χ0) is 26.6. The Balaban J connectivity index is 0.00000210. The van der Waals surface area contributed by atoms with E-state index in [0.717, 1.165) is 37.6 Å². The quantitative estimate of drug-likeness (QED) is 0.402. The van der Waals surface area contributed by atoms with Gasteiger partial charge in [0.1, 0.15) is 0 Å². The number of alkyl halides is 6. The third-order valence-corrected chi connectivity index (χ3v) is 6.35. The second kappa shape index (κ2) is 11.1. The molecule has 1 heterocycles. The predicted molar refractivity (Wildman–Crippen MR) is 129 cm³/mol. The van der Waals surface area contributed by atoms with Crippen molar-refractivity contribution in [3.63, 3.8) is 0 Å². The molecule has 0 saturated carbocycles. The SMILES string of the molecule is C=C(NC(c1ccccc1)C(C)(C)N1CCCC1)c1c(C)cc(C(F)(F)F)cc1C(F)(F)F.CC. The lowest BCUT2D eigenvalue weighted by Gasteiger charge is -2.43. The Bertz CT molecular complexity index is 987. The normalized spacial score (nSPS) is 15.9. The Morgan fingerprint density at radius 2 is 1.46 bits per heavy atom. The van der Waals surface area contributed by atoms with Crippen molar-refractivity contribution in [2.24, 2.45) is 0 Å². The van der Waals surface area contributed by atoms with E-state index in [0.29, 0.717) is 0 Å². The van der Waals surface area contributed by atoms with Gasteiger partial charge in [-0.05, 0) is 70.0 Å². The average molecular weight is 501 g/mol. The second-order valence-electron chi connectivity index (χ2n) is 9.03. The molecule has 1 unspecified atom stereocenters. The van der Waals surface area contributed by atoms with E-state index in [9.17, 15) is 26.3 Å². The summed E-state index contributed by atoms with van der Waals surface area (Å²) in [7, 11) is 0. The molecule has 0 bridgehead atoms. The first-order valence-corrected chi connectivity index (χ1v) is 11.8. The van der Waals surface area contributed by atoms with Gasteiger partial charge in [-0.25, -0.2) is 0 Å². The maximum absolute atomic E-state index is 13.9. The van der Waals surface area contributed by atoms with Crippen LogP contribution < -0.4 is 5.32 Å². The highest BCUT2D eigenvalue weighted by atomic mass is 19.4. The van der Waals surface area contributed by atoms with Crippen LogP contribution in [0.3, 0.4) is 0 Å². The molecular weight excluding hydrogens is 466 g/mol. The Hall–Kier alpha value is -2.48. The average Bonchev–Trinajstić information content (AvgIpc) is 3.33.